The lowest BCUT2D eigenvalue weighted by Gasteiger charge is -2.11. The number of fused-ring (bicyclic) bond motifs is 1. The van der Waals surface area contributed by atoms with Crippen LogP contribution in [-0.2, 0) is 0 Å². The summed E-state index contributed by atoms with van der Waals surface area (Å²) in [6.07, 6.45) is 3.00. The molecule has 1 heterocycles. The average Bonchev–Trinajstić information content (AvgIpc) is 3.29. The number of rotatable bonds is 3. The van der Waals surface area contributed by atoms with Crippen LogP contribution >= 0.6 is 0 Å². The monoisotopic (exact) mass is 278 g/mol. The fourth-order valence-electron chi connectivity index (χ4n) is 2.26. The molecule has 0 unspecified atom stereocenters. The van der Waals surface area contributed by atoms with Crippen molar-refractivity contribution >= 4 is 17.5 Å². The lowest BCUT2D eigenvalue weighted by molar-refractivity contribution is 0.0642. The van der Waals surface area contributed by atoms with Gasteiger partial charge in [0.1, 0.15) is 17.7 Å². The summed E-state index contributed by atoms with van der Waals surface area (Å²) in [5.41, 5.74) is 1.25. The molecule has 0 atom stereocenters. The quantitative estimate of drug-likeness (QED) is 0.671. The molecule has 3 rings (SSSR count). The number of hydrogen-bond donors (Lipinski definition) is 1. The largest absolute Gasteiger partial charge is 0.360 e. The number of nitriles is 2. The Kier molecular flexibility index (Phi) is 2.93. The minimum absolute atomic E-state index is 0.0393. The van der Waals surface area contributed by atoms with Gasteiger partial charge in [0, 0.05) is 17.9 Å². The van der Waals surface area contributed by atoms with Crippen molar-refractivity contribution in [3.63, 3.8) is 0 Å². The highest BCUT2D eigenvalue weighted by Gasteiger charge is 2.44. The second kappa shape index (κ2) is 4.77. The van der Waals surface area contributed by atoms with Gasteiger partial charge in [-0.05, 0) is 31.0 Å². The highest BCUT2D eigenvalue weighted by Crippen LogP contribution is 2.35. The summed E-state index contributed by atoms with van der Waals surface area (Å²) >= 11 is 0. The number of anilines is 1. The van der Waals surface area contributed by atoms with Gasteiger partial charge in [-0.15, -0.1) is 0 Å². The first kappa shape index (κ1) is 12.9. The molecule has 1 fully saturated rings. The highest BCUT2D eigenvalue weighted by molar-refractivity contribution is 6.22. The SMILES string of the molecule is N#CC(C#N)=CNc1ccc2c(c1)C(=O)N(C1CC1)C2=O. The van der Waals surface area contributed by atoms with Crippen molar-refractivity contribution in [2.45, 2.75) is 18.9 Å². The molecule has 0 spiro atoms. The summed E-state index contributed by atoms with van der Waals surface area (Å²) in [6.45, 7) is 0. The third kappa shape index (κ3) is 2.13. The van der Waals surface area contributed by atoms with Crippen LogP contribution in [0, 0.1) is 22.7 Å². The van der Waals surface area contributed by atoms with Crippen LogP contribution in [0.3, 0.4) is 0 Å². The molecule has 1 aromatic rings. The molecule has 1 saturated carbocycles. The van der Waals surface area contributed by atoms with Gasteiger partial charge in [-0.2, -0.15) is 10.5 Å². The van der Waals surface area contributed by atoms with Crippen molar-refractivity contribution in [1.82, 2.24) is 4.90 Å². The van der Waals surface area contributed by atoms with Crippen LogP contribution in [0.5, 0.6) is 0 Å². The van der Waals surface area contributed by atoms with Crippen molar-refractivity contribution in [3.05, 3.63) is 41.1 Å². The molecule has 6 nitrogen and oxygen atoms in total. The number of benzene rings is 1. The predicted molar refractivity (Wildman–Crippen MR) is 72.9 cm³/mol. The van der Waals surface area contributed by atoms with E-state index < -0.39 is 0 Å². The summed E-state index contributed by atoms with van der Waals surface area (Å²) in [6, 6.07) is 8.30. The van der Waals surface area contributed by atoms with E-state index in [1.165, 1.54) is 11.1 Å². The Morgan fingerprint density at radius 2 is 1.86 bits per heavy atom. The molecular formula is C15H10N4O2. The zero-order chi connectivity index (χ0) is 15.0. The number of carbonyl (C=O) groups is 2. The summed E-state index contributed by atoms with van der Waals surface area (Å²) < 4.78 is 0. The maximum atomic E-state index is 12.2. The molecule has 0 saturated heterocycles. The first-order chi connectivity index (χ1) is 10.2. The lowest BCUT2D eigenvalue weighted by atomic mass is 10.1. The number of amides is 2. The molecule has 21 heavy (non-hydrogen) atoms. The molecule has 0 radical (unpaired) electrons. The molecule has 0 aromatic heterocycles. The van der Waals surface area contributed by atoms with Gasteiger partial charge in [0.2, 0.25) is 0 Å². The Balaban J connectivity index is 1.89. The van der Waals surface area contributed by atoms with Crippen LogP contribution < -0.4 is 5.32 Å². The molecular weight excluding hydrogens is 268 g/mol. The van der Waals surface area contributed by atoms with E-state index in [1.807, 2.05) is 0 Å². The normalized spacial score (nSPS) is 16.0. The molecule has 2 aliphatic rings. The minimum atomic E-state index is -0.272. The summed E-state index contributed by atoms with van der Waals surface area (Å²) in [5, 5.41) is 20.1. The van der Waals surface area contributed by atoms with Crippen molar-refractivity contribution in [3.8, 4) is 12.1 Å². The van der Waals surface area contributed by atoms with Gasteiger partial charge in [0.15, 0.2) is 0 Å². The third-order valence-electron chi connectivity index (χ3n) is 3.45. The Labute approximate surface area is 120 Å². The van der Waals surface area contributed by atoms with Crippen molar-refractivity contribution in [2.75, 3.05) is 5.32 Å². The van der Waals surface area contributed by atoms with Gasteiger partial charge < -0.3 is 5.32 Å². The zero-order valence-corrected chi connectivity index (χ0v) is 11.0. The maximum Gasteiger partial charge on any atom is 0.261 e. The standard InChI is InChI=1S/C15H10N4O2/c16-6-9(7-17)8-18-10-1-4-12-13(5-10)15(21)19(14(12)20)11-2-3-11/h1,4-5,8,11,18H,2-3H2. The number of imide groups is 1. The van der Waals surface area contributed by atoms with Gasteiger partial charge in [-0.25, -0.2) is 0 Å². The average molecular weight is 278 g/mol. The summed E-state index contributed by atoms with van der Waals surface area (Å²) in [5.74, 6) is -0.514. The molecule has 6 heteroatoms. The van der Waals surface area contributed by atoms with Crippen LogP contribution in [0.15, 0.2) is 30.0 Å². The van der Waals surface area contributed by atoms with Crippen LogP contribution in [0.25, 0.3) is 0 Å². The fourth-order valence-corrected chi connectivity index (χ4v) is 2.26. The Morgan fingerprint density at radius 3 is 2.48 bits per heavy atom. The van der Waals surface area contributed by atoms with Crippen LogP contribution in [0.2, 0.25) is 0 Å². The molecule has 1 aliphatic heterocycles. The van der Waals surface area contributed by atoms with Gasteiger partial charge in [0.05, 0.1) is 11.1 Å². The molecule has 1 N–H and O–H groups in total. The molecule has 2 amide bonds. The van der Waals surface area contributed by atoms with E-state index in [0.717, 1.165) is 12.8 Å². The van der Waals surface area contributed by atoms with Crippen LogP contribution in [0.1, 0.15) is 33.6 Å². The van der Waals surface area contributed by atoms with Crippen molar-refractivity contribution < 1.29 is 9.59 Å². The number of nitrogens with one attached hydrogen (secondary N) is 1. The van der Waals surface area contributed by atoms with E-state index in [1.54, 1.807) is 30.3 Å². The van der Waals surface area contributed by atoms with E-state index in [2.05, 4.69) is 5.32 Å². The number of allylic oxidation sites excluding steroid dienone is 1. The topological polar surface area (TPSA) is 97.0 Å². The highest BCUT2D eigenvalue weighted by atomic mass is 16.2. The van der Waals surface area contributed by atoms with Gasteiger partial charge >= 0.3 is 0 Å². The molecule has 102 valence electrons. The molecule has 1 aromatic carbocycles. The molecule has 1 aliphatic carbocycles. The van der Waals surface area contributed by atoms with Crippen molar-refractivity contribution in [2.24, 2.45) is 0 Å². The maximum absolute atomic E-state index is 12.2. The van der Waals surface area contributed by atoms with Gasteiger partial charge in [0.25, 0.3) is 11.8 Å². The van der Waals surface area contributed by atoms with Crippen LogP contribution in [-0.4, -0.2) is 22.8 Å². The number of carbonyl (C=O) groups excluding carboxylic acids is 2. The summed E-state index contributed by atoms with van der Waals surface area (Å²) in [4.78, 5) is 25.7. The summed E-state index contributed by atoms with van der Waals surface area (Å²) in [7, 11) is 0. The Bertz CT molecular complexity index is 747. The van der Waals surface area contributed by atoms with E-state index >= 15 is 0 Å². The fraction of sp³-hybridized carbons (Fsp3) is 0.200. The molecule has 0 bridgehead atoms. The smallest absolute Gasteiger partial charge is 0.261 e. The van der Waals surface area contributed by atoms with Gasteiger partial charge in [-0.1, -0.05) is 0 Å². The first-order valence-corrected chi connectivity index (χ1v) is 6.44. The van der Waals surface area contributed by atoms with E-state index in [9.17, 15) is 9.59 Å². The minimum Gasteiger partial charge on any atom is -0.360 e. The predicted octanol–water partition coefficient (Wildman–Crippen LogP) is 1.79. The van der Waals surface area contributed by atoms with Crippen molar-refractivity contribution in [1.29, 1.82) is 10.5 Å². The second-order valence-electron chi connectivity index (χ2n) is 4.90. The van der Waals surface area contributed by atoms with Gasteiger partial charge in [-0.3, -0.25) is 14.5 Å². The lowest BCUT2D eigenvalue weighted by Crippen LogP contribution is -2.31. The van der Waals surface area contributed by atoms with E-state index in [-0.39, 0.29) is 23.4 Å². The Hall–Kier alpha value is -3.12. The van der Waals surface area contributed by atoms with E-state index in [4.69, 9.17) is 10.5 Å². The number of hydrogen-bond acceptors (Lipinski definition) is 5. The third-order valence-corrected chi connectivity index (χ3v) is 3.45. The second-order valence-corrected chi connectivity index (χ2v) is 4.90. The number of nitrogens with zero attached hydrogens (tertiary/aromatic N) is 3. The first-order valence-electron chi connectivity index (χ1n) is 6.44. The van der Waals surface area contributed by atoms with Crippen LogP contribution in [0.4, 0.5) is 5.69 Å². The van der Waals surface area contributed by atoms with E-state index in [0.29, 0.717) is 16.8 Å². The zero-order valence-electron chi connectivity index (χ0n) is 11.0. The Morgan fingerprint density at radius 1 is 1.19 bits per heavy atom.